The highest BCUT2D eigenvalue weighted by atomic mass is 16.1. The summed E-state index contributed by atoms with van der Waals surface area (Å²) in [6, 6.07) is 16.4. The lowest BCUT2D eigenvalue weighted by atomic mass is 10.1. The van der Waals surface area contributed by atoms with Gasteiger partial charge in [0, 0.05) is 11.3 Å². The number of nitrogens with two attached hydrogens (primary N) is 1. The summed E-state index contributed by atoms with van der Waals surface area (Å²) >= 11 is 0. The highest BCUT2D eigenvalue weighted by Gasteiger charge is 2.09. The summed E-state index contributed by atoms with van der Waals surface area (Å²) < 4.78 is 0. The summed E-state index contributed by atoms with van der Waals surface area (Å²) in [6.07, 6.45) is 0.246. The Hall–Kier alpha value is -2.62. The van der Waals surface area contributed by atoms with E-state index < -0.39 is 0 Å². The van der Waals surface area contributed by atoms with Crippen LogP contribution >= 0.6 is 0 Å². The maximum Gasteiger partial charge on any atom is 0.229 e. The van der Waals surface area contributed by atoms with Crippen molar-refractivity contribution in [1.29, 1.82) is 5.41 Å². The zero-order chi connectivity index (χ0) is 13.7. The highest BCUT2D eigenvalue weighted by molar-refractivity contribution is 6.09. The van der Waals surface area contributed by atoms with Gasteiger partial charge in [-0.1, -0.05) is 42.5 Å². The van der Waals surface area contributed by atoms with Crippen LogP contribution in [0.2, 0.25) is 0 Å². The van der Waals surface area contributed by atoms with E-state index in [1.165, 1.54) is 0 Å². The number of nitrogens with one attached hydrogen (secondary N) is 2. The van der Waals surface area contributed by atoms with Crippen molar-refractivity contribution in [1.82, 2.24) is 5.32 Å². The van der Waals surface area contributed by atoms with E-state index >= 15 is 0 Å². The van der Waals surface area contributed by atoms with E-state index in [1.54, 1.807) is 24.3 Å². The van der Waals surface area contributed by atoms with E-state index in [1.807, 2.05) is 30.3 Å². The van der Waals surface area contributed by atoms with Crippen LogP contribution in [0.5, 0.6) is 0 Å². The Bertz CT molecular complexity index is 593. The van der Waals surface area contributed by atoms with E-state index in [-0.39, 0.29) is 18.2 Å². The minimum Gasteiger partial charge on any atom is -0.398 e. The molecule has 0 saturated heterocycles. The Morgan fingerprint density at radius 2 is 1.68 bits per heavy atom. The number of rotatable bonds is 3. The zero-order valence-corrected chi connectivity index (χ0v) is 10.4. The molecule has 4 heteroatoms. The second-order valence-electron chi connectivity index (χ2n) is 4.17. The predicted octanol–water partition coefficient (Wildman–Crippen LogP) is 1.95. The van der Waals surface area contributed by atoms with Crippen molar-refractivity contribution in [3.63, 3.8) is 0 Å². The number of amidine groups is 1. The van der Waals surface area contributed by atoms with Gasteiger partial charge in [-0.15, -0.1) is 0 Å². The molecule has 0 atom stereocenters. The number of amides is 1. The van der Waals surface area contributed by atoms with Crippen LogP contribution in [0.3, 0.4) is 0 Å². The Balaban J connectivity index is 2.00. The second kappa shape index (κ2) is 5.82. The molecule has 2 aromatic carbocycles. The number of benzene rings is 2. The zero-order valence-electron chi connectivity index (χ0n) is 10.4. The molecule has 4 nitrogen and oxygen atoms in total. The fourth-order valence-corrected chi connectivity index (χ4v) is 1.76. The fraction of sp³-hybridized carbons (Fsp3) is 0.0667. The highest BCUT2D eigenvalue weighted by Crippen LogP contribution is 2.10. The summed E-state index contributed by atoms with van der Waals surface area (Å²) in [4.78, 5) is 11.8. The number of anilines is 1. The largest absolute Gasteiger partial charge is 0.398 e. The van der Waals surface area contributed by atoms with Crippen molar-refractivity contribution in [3.05, 3.63) is 65.7 Å². The fourth-order valence-electron chi connectivity index (χ4n) is 1.76. The number of nitrogen functional groups attached to an aromatic ring is 1. The average molecular weight is 253 g/mol. The summed E-state index contributed by atoms with van der Waals surface area (Å²) in [5.41, 5.74) is 7.68. The topological polar surface area (TPSA) is 79.0 Å². The number of para-hydroxylation sites is 1. The monoisotopic (exact) mass is 253 g/mol. The molecule has 0 radical (unpaired) electrons. The number of hydrogen-bond acceptors (Lipinski definition) is 3. The van der Waals surface area contributed by atoms with Gasteiger partial charge in [0.05, 0.1) is 6.42 Å². The molecular formula is C15H15N3O. The lowest BCUT2D eigenvalue weighted by Gasteiger charge is -2.09. The standard InChI is InChI=1S/C15H15N3O/c16-13-9-5-4-8-12(13)15(17)18-14(19)10-11-6-2-1-3-7-11/h1-9H,10,16H2,(H2,17,18,19). The van der Waals surface area contributed by atoms with Gasteiger partial charge in [-0.3, -0.25) is 10.2 Å². The van der Waals surface area contributed by atoms with Gasteiger partial charge in [-0.2, -0.15) is 0 Å². The van der Waals surface area contributed by atoms with Gasteiger partial charge < -0.3 is 11.1 Å². The Morgan fingerprint density at radius 3 is 2.37 bits per heavy atom. The molecule has 0 saturated carbocycles. The predicted molar refractivity (Wildman–Crippen MR) is 76.0 cm³/mol. The summed E-state index contributed by atoms with van der Waals surface area (Å²) in [7, 11) is 0. The van der Waals surface area contributed by atoms with Crippen LogP contribution in [0.1, 0.15) is 11.1 Å². The van der Waals surface area contributed by atoms with Gasteiger partial charge >= 0.3 is 0 Å². The van der Waals surface area contributed by atoms with E-state index in [2.05, 4.69) is 5.32 Å². The van der Waals surface area contributed by atoms with Crippen molar-refractivity contribution in [2.45, 2.75) is 6.42 Å². The van der Waals surface area contributed by atoms with Crippen molar-refractivity contribution in [2.24, 2.45) is 0 Å². The summed E-state index contributed by atoms with van der Waals surface area (Å²) in [5, 5.41) is 10.4. The van der Waals surface area contributed by atoms with E-state index in [4.69, 9.17) is 11.1 Å². The molecule has 0 heterocycles. The normalized spacial score (nSPS) is 9.89. The van der Waals surface area contributed by atoms with Crippen molar-refractivity contribution in [3.8, 4) is 0 Å². The molecule has 2 aromatic rings. The Morgan fingerprint density at radius 1 is 1.05 bits per heavy atom. The minimum absolute atomic E-state index is 0.0269. The molecule has 19 heavy (non-hydrogen) atoms. The van der Waals surface area contributed by atoms with Crippen molar-refractivity contribution >= 4 is 17.4 Å². The molecule has 0 aromatic heterocycles. The third-order valence-electron chi connectivity index (χ3n) is 2.70. The van der Waals surface area contributed by atoms with Crippen LogP contribution in [0, 0.1) is 5.41 Å². The number of carbonyl (C=O) groups is 1. The van der Waals surface area contributed by atoms with Crippen molar-refractivity contribution in [2.75, 3.05) is 5.73 Å². The summed E-state index contributed by atoms with van der Waals surface area (Å²) in [6.45, 7) is 0. The molecule has 0 fully saturated rings. The first-order valence-corrected chi connectivity index (χ1v) is 5.94. The lowest BCUT2D eigenvalue weighted by molar-refractivity contribution is -0.119. The van der Waals surface area contributed by atoms with E-state index in [9.17, 15) is 4.79 Å². The third kappa shape index (κ3) is 3.42. The quantitative estimate of drug-likeness (QED) is 0.444. The molecule has 1 amide bonds. The molecule has 0 spiro atoms. The molecule has 0 aliphatic carbocycles. The van der Waals surface area contributed by atoms with Gasteiger partial charge in [0.25, 0.3) is 0 Å². The molecule has 0 bridgehead atoms. The SMILES string of the molecule is N=C(NC(=O)Cc1ccccc1)c1ccccc1N. The first-order chi connectivity index (χ1) is 9.16. The maximum absolute atomic E-state index is 11.8. The second-order valence-corrected chi connectivity index (χ2v) is 4.17. The third-order valence-corrected chi connectivity index (χ3v) is 2.70. The van der Waals surface area contributed by atoms with E-state index in [0.29, 0.717) is 11.3 Å². The van der Waals surface area contributed by atoms with Crippen LogP contribution in [0.25, 0.3) is 0 Å². The molecule has 0 aliphatic heterocycles. The van der Waals surface area contributed by atoms with Gasteiger partial charge in [0.2, 0.25) is 5.91 Å². The lowest BCUT2D eigenvalue weighted by Crippen LogP contribution is -2.32. The smallest absolute Gasteiger partial charge is 0.229 e. The molecule has 0 aliphatic rings. The average Bonchev–Trinajstić information content (AvgIpc) is 2.40. The van der Waals surface area contributed by atoms with Crippen LogP contribution < -0.4 is 11.1 Å². The Labute approximate surface area is 111 Å². The van der Waals surface area contributed by atoms with Crippen LogP contribution in [-0.4, -0.2) is 11.7 Å². The van der Waals surface area contributed by atoms with Crippen LogP contribution in [0.4, 0.5) is 5.69 Å². The van der Waals surface area contributed by atoms with Gasteiger partial charge in [-0.05, 0) is 17.7 Å². The number of carbonyl (C=O) groups excluding carboxylic acids is 1. The maximum atomic E-state index is 11.8. The van der Waals surface area contributed by atoms with Crippen LogP contribution in [0.15, 0.2) is 54.6 Å². The minimum atomic E-state index is -0.223. The molecule has 2 rings (SSSR count). The van der Waals surface area contributed by atoms with Gasteiger partial charge in [0.15, 0.2) is 0 Å². The number of hydrogen-bond donors (Lipinski definition) is 3. The molecule has 4 N–H and O–H groups in total. The first kappa shape index (κ1) is 12.8. The van der Waals surface area contributed by atoms with Gasteiger partial charge in [0.1, 0.15) is 5.84 Å². The molecule has 0 unspecified atom stereocenters. The van der Waals surface area contributed by atoms with Gasteiger partial charge in [-0.25, -0.2) is 0 Å². The van der Waals surface area contributed by atoms with E-state index in [0.717, 1.165) is 5.56 Å². The molecule has 96 valence electrons. The Kier molecular flexibility index (Phi) is 3.93. The molecular weight excluding hydrogens is 238 g/mol. The van der Waals surface area contributed by atoms with Crippen LogP contribution in [-0.2, 0) is 11.2 Å². The summed E-state index contributed by atoms with van der Waals surface area (Å²) in [5.74, 6) is -0.196. The van der Waals surface area contributed by atoms with Crippen molar-refractivity contribution < 1.29 is 4.79 Å². The first-order valence-electron chi connectivity index (χ1n) is 5.94.